The summed E-state index contributed by atoms with van der Waals surface area (Å²) >= 11 is 0. The van der Waals surface area contributed by atoms with Crippen LogP contribution in [0.2, 0.25) is 0 Å². The van der Waals surface area contributed by atoms with E-state index in [-0.39, 0.29) is 24.2 Å². The van der Waals surface area contributed by atoms with Gasteiger partial charge in [-0.1, -0.05) is 48.5 Å². The van der Waals surface area contributed by atoms with E-state index in [1.54, 1.807) is 18.2 Å². The Hall–Kier alpha value is -3.22. The molecule has 2 aromatic carbocycles. The number of amides is 4. The summed E-state index contributed by atoms with van der Waals surface area (Å²) in [4.78, 5) is 39.6. The van der Waals surface area contributed by atoms with Crippen molar-refractivity contribution < 1.29 is 18.8 Å². The van der Waals surface area contributed by atoms with Gasteiger partial charge in [0, 0.05) is 19.5 Å². The number of nitrogens with one attached hydrogen (secondary N) is 2. The van der Waals surface area contributed by atoms with E-state index in [1.165, 1.54) is 6.07 Å². The third kappa shape index (κ3) is 4.04. The first-order valence-corrected chi connectivity index (χ1v) is 10.6. The van der Waals surface area contributed by atoms with Crippen molar-refractivity contribution in [3.8, 4) is 0 Å². The highest BCUT2D eigenvalue weighted by Gasteiger charge is 2.52. The molecule has 2 N–H and O–H groups in total. The predicted octanol–water partition coefficient (Wildman–Crippen LogP) is 2.99. The second kappa shape index (κ2) is 8.49. The lowest BCUT2D eigenvalue weighted by Gasteiger charge is -2.41. The van der Waals surface area contributed by atoms with Gasteiger partial charge >= 0.3 is 6.03 Å². The highest BCUT2D eigenvalue weighted by atomic mass is 19.1. The highest BCUT2D eigenvalue weighted by Crippen LogP contribution is 2.35. The summed E-state index contributed by atoms with van der Waals surface area (Å²) in [6.07, 6.45) is 1.18. The van der Waals surface area contributed by atoms with Crippen LogP contribution in [0.25, 0.3) is 0 Å². The Bertz CT molecular complexity index is 989. The summed E-state index contributed by atoms with van der Waals surface area (Å²) in [5.41, 5.74) is 0.142. The van der Waals surface area contributed by atoms with E-state index < -0.39 is 23.3 Å². The molecule has 0 radical (unpaired) electrons. The first-order valence-electron chi connectivity index (χ1n) is 10.6. The Morgan fingerprint density at radius 1 is 1.10 bits per heavy atom. The van der Waals surface area contributed by atoms with Crippen LogP contribution in [0.3, 0.4) is 0 Å². The fourth-order valence-electron chi connectivity index (χ4n) is 4.75. The molecular formula is C24H26FN3O3. The van der Waals surface area contributed by atoms with Gasteiger partial charge in [-0.2, -0.15) is 0 Å². The molecule has 0 aliphatic carbocycles. The van der Waals surface area contributed by atoms with Crippen molar-refractivity contribution >= 4 is 17.8 Å². The molecule has 2 heterocycles. The van der Waals surface area contributed by atoms with Crippen LogP contribution < -0.4 is 10.6 Å². The number of halogens is 1. The van der Waals surface area contributed by atoms with Gasteiger partial charge in [0.25, 0.3) is 5.91 Å². The van der Waals surface area contributed by atoms with E-state index >= 15 is 0 Å². The minimum Gasteiger partial charge on any atom is -0.342 e. The molecule has 0 aromatic heterocycles. The number of rotatable bonds is 5. The Morgan fingerprint density at radius 2 is 1.74 bits per heavy atom. The average molecular weight is 423 g/mol. The fourth-order valence-corrected chi connectivity index (χ4v) is 4.75. The maximum Gasteiger partial charge on any atom is 0.322 e. The summed E-state index contributed by atoms with van der Waals surface area (Å²) in [6, 6.07) is 15.4. The minimum atomic E-state index is -1.21. The summed E-state index contributed by atoms with van der Waals surface area (Å²) in [5, 5.41) is 5.11. The molecule has 4 rings (SSSR count). The molecule has 7 heteroatoms. The Labute approximate surface area is 180 Å². The van der Waals surface area contributed by atoms with E-state index in [4.69, 9.17) is 0 Å². The third-order valence-electron chi connectivity index (χ3n) is 6.57. The SMILES string of the molecule is C[C@H](C(=O)N1CCC([C@]2(Cc3ccccc3F)NC(=O)NC2=O)CC1)c1ccccc1. The van der Waals surface area contributed by atoms with Gasteiger partial charge in [0.1, 0.15) is 11.4 Å². The van der Waals surface area contributed by atoms with Crippen LogP contribution in [0.4, 0.5) is 9.18 Å². The van der Waals surface area contributed by atoms with Crippen LogP contribution in [-0.2, 0) is 16.0 Å². The molecule has 162 valence electrons. The Morgan fingerprint density at radius 3 is 2.35 bits per heavy atom. The lowest BCUT2D eigenvalue weighted by molar-refractivity contribution is -0.135. The lowest BCUT2D eigenvalue weighted by atomic mass is 9.74. The Balaban J connectivity index is 1.49. The van der Waals surface area contributed by atoms with Gasteiger partial charge in [0.15, 0.2) is 0 Å². The molecule has 2 aliphatic rings. The summed E-state index contributed by atoms with van der Waals surface area (Å²) < 4.78 is 14.3. The molecule has 4 amide bonds. The minimum absolute atomic E-state index is 0.0488. The molecule has 6 nitrogen and oxygen atoms in total. The van der Waals surface area contributed by atoms with Gasteiger partial charge in [-0.05, 0) is 42.9 Å². The van der Waals surface area contributed by atoms with Gasteiger partial charge in [0.2, 0.25) is 5.91 Å². The number of urea groups is 1. The smallest absolute Gasteiger partial charge is 0.322 e. The number of carbonyl (C=O) groups excluding carboxylic acids is 3. The second-order valence-corrected chi connectivity index (χ2v) is 8.38. The number of nitrogens with zero attached hydrogens (tertiary/aromatic N) is 1. The molecule has 31 heavy (non-hydrogen) atoms. The number of hydrogen-bond acceptors (Lipinski definition) is 3. The van der Waals surface area contributed by atoms with Gasteiger partial charge in [-0.15, -0.1) is 0 Å². The quantitative estimate of drug-likeness (QED) is 0.726. The van der Waals surface area contributed by atoms with Gasteiger partial charge in [0.05, 0.1) is 5.92 Å². The first kappa shape index (κ1) is 21.0. The molecule has 0 saturated carbocycles. The van der Waals surface area contributed by atoms with E-state index in [0.717, 1.165) is 5.56 Å². The number of hydrogen-bond donors (Lipinski definition) is 2. The largest absolute Gasteiger partial charge is 0.342 e. The molecule has 0 unspecified atom stereocenters. The predicted molar refractivity (Wildman–Crippen MR) is 114 cm³/mol. The summed E-state index contributed by atoms with van der Waals surface area (Å²) in [5.74, 6) is -1.23. The van der Waals surface area contributed by atoms with Crippen LogP contribution in [0.5, 0.6) is 0 Å². The van der Waals surface area contributed by atoms with Crippen LogP contribution in [-0.4, -0.2) is 41.4 Å². The van der Waals surface area contributed by atoms with Crippen molar-refractivity contribution in [1.82, 2.24) is 15.5 Å². The van der Waals surface area contributed by atoms with Crippen LogP contribution in [0, 0.1) is 11.7 Å². The zero-order valence-electron chi connectivity index (χ0n) is 17.4. The van der Waals surface area contributed by atoms with E-state index in [0.29, 0.717) is 31.5 Å². The fraction of sp³-hybridized carbons (Fsp3) is 0.375. The molecule has 2 aromatic rings. The molecule has 2 saturated heterocycles. The van der Waals surface area contributed by atoms with E-state index in [2.05, 4.69) is 10.6 Å². The second-order valence-electron chi connectivity index (χ2n) is 8.38. The van der Waals surface area contributed by atoms with E-state index in [9.17, 15) is 18.8 Å². The normalized spacial score (nSPS) is 22.7. The van der Waals surface area contributed by atoms with Crippen molar-refractivity contribution in [1.29, 1.82) is 0 Å². The third-order valence-corrected chi connectivity index (χ3v) is 6.57. The molecular weight excluding hydrogens is 397 g/mol. The van der Waals surface area contributed by atoms with Crippen LogP contribution in [0.15, 0.2) is 54.6 Å². The number of piperidine rings is 1. The summed E-state index contributed by atoms with van der Waals surface area (Å²) in [6.45, 7) is 2.87. The van der Waals surface area contributed by atoms with Crippen molar-refractivity contribution in [2.24, 2.45) is 5.92 Å². The standard InChI is InChI=1S/C24H26FN3O3/c1-16(17-7-3-2-4-8-17)21(29)28-13-11-19(12-14-28)24(22(30)26-23(31)27-24)15-18-9-5-6-10-20(18)25/h2-10,16,19H,11-15H2,1H3,(H2,26,27,30,31)/t16-,24-/m0/s1. The van der Waals surface area contributed by atoms with Gasteiger partial charge in [-0.25, -0.2) is 9.18 Å². The monoisotopic (exact) mass is 423 g/mol. The maximum atomic E-state index is 14.3. The van der Waals surface area contributed by atoms with Crippen molar-refractivity contribution in [2.45, 2.75) is 37.6 Å². The van der Waals surface area contributed by atoms with Crippen LogP contribution in [0.1, 0.15) is 36.8 Å². The lowest BCUT2D eigenvalue weighted by Crippen LogP contribution is -2.58. The summed E-state index contributed by atoms with van der Waals surface area (Å²) in [7, 11) is 0. The highest BCUT2D eigenvalue weighted by molar-refractivity contribution is 6.07. The topological polar surface area (TPSA) is 78.5 Å². The van der Waals surface area contributed by atoms with Crippen molar-refractivity contribution in [3.05, 3.63) is 71.5 Å². The Kier molecular flexibility index (Phi) is 5.76. The molecule has 2 aliphatic heterocycles. The van der Waals surface area contributed by atoms with Crippen molar-refractivity contribution in [3.63, 3.8) is 0 Å². The van der Waals surface area contributed by atoms with Gasteiger partial charge < -0.3 is 10.2 Å². The molecule has 0 spiro atoms. The zero-order valence-corrected chi connectivity index (χ0v) is 17.4. The molecule has 2 fully saturated rings. The van der Waals surface area contributed by atoms with Crippen molar-refractivity contribution in [2.75, 3.05) is 13.1 Å². The van der Waals surface area contributed by atoms with Gasteiger partial charge in [-0.3, -0.25) is 14.9 Å². The number of benzene rings is 2. The van der Waals surface area contributed by atoms with E-state index in [1.807, 2.05) is 42.2 Å². The molecule has 0 bridgehead atoms. The number of imide groups is 1. The average Bonchev–Trinajstić information content (AvgIpc) is 3.08. The molecule has 2 atom stereocenters. The van der Waals surface area contributed by atoms with Crippen LogP contribution >= 0.6 is 0 Å². The maximum absolute atomic E-state index is 14.3. The number of likely N-dealkylation sites (tertiary alicyclic amines) is 1. The zero-order chi connectivity index (χ0) is 22.0. The first-order chi connectivity index (χ1) is 14.9. The number of carbonyl (C=O) groups is 3.